The Balaban J connectivity index is 1.54. The van der Waals surface area contributed by atoms with Gasteiger partial charge in [-0.15, -0.1) is 0 Å². The third-order valence-corrected chi connectivity index (χ3v) is 4.85. The van der Waals surface area contributed by atoms with Gasteiger partial charge in [-0.25, -0.2) is 0 Å². The first kappa shape index (κ1) is 16.5. The molecule has 1 fully saturated rings. The molecule has 3 rings (SSSR count). The third kappa shape index (κ3) is 3.94. The van der Waals surface area contributed by atoms with Crippen LogP contribution in [0.15, 0.2) is 54.9 Å². The fourth-order valence-electron chi connectivity index (χ4n) is 3.38. The second-order valence-electron chi connectivity index (χ2n) is 6.76. The van der Waals surface area contributed by atoms with E-state index in [2.05, 4.69) is 41.5 Å². The minimum atomic E-state index is 0.0615. The minimum absolute atomic E-state index is 0.0615. The number of rotatable bonds is 6. The van der Waals surface area contributed by atoms with E-state index in [1.807, 2.05) is 29.3 Å². The molecule has 24 heavy (non-hydrogen) atoms. The quantitative estimate of drug-likeness (QED) is 0.828. The number of nitrogens with one attached hydrogen (secondary N) is 1. The van der Waals surface area contributed by atoms with Crippen molar-refractivity contribution < 1.29 is 4.79 Å². The van der Waals surface area contributed by atoms with Gasteiger partial charge in [-0.1, -0.05) is 37.3 Å². The van der Waals surface area contributed by atoms with E-state index in [0.717, 1.165) is 38.2 Å². The van der Waals surface area contributed by atoms with Crippen molar-refractivity contribution in [1.82, 2.24) is 9.88 Å². The molecule has 1 aliphatic heterocycles. The molecule has 0 aliphatic carbocycles. The maximum Gasteiger partial charge on any atom is 0.222 e. The SMILES string of the molecule is CC1(c2ccccc2)CCC(=O)N(CCCNc2cccnc2)C1. The summed E-state index contributed by atoms with van der Waals surface area (Å²) in [5, 5.41) is 3.35. The number of aromatic nitrogens is 1. The molecule has 2 aromatic rings. The van der Waals surface area contributed by atoms with E-state index in [9.17, 15) is 4.79 Å². The molecule has 0 spiro atoms. The van der Waals surface area contributed by atoms with E-state index >= 15 is 0 Å². The summed E-state index contributed by atoms with van der Waals surface area (Å²) in [7, 11) is 0. The van der Waals surface area contributed by atoms with Gasteiger partial charge in [0.2, 0.25) is 5.91 Å². The van der Waals surface area contributed by atoms with Crippen LogP contribution in [0, 0.1) is 0 Å². The van der Waals surface area contributed by atoms with E-state index < -0.39 is 0 Å². The second-order valence-corrected chi connectivity index (χ2v) is 6.76. The van der Waals surface area contributed by atoms with Gasteiger partial charge in [0, 0.05) is 43.9 Å². The number of amides is 1. The first-order chi connectivity index (χ1) is 11.7. The van der Waals surface area contributed by atoms with Gasteiger partial charge in [0.25, 0.3) is 0 Å². The highest BCUT2D eigenvalue weighted by molar-refractivity contribution is 5.77. The standard InChI is InChI=1S/C20H25N3O/c1-20(17-7-3-2-4-8-17)11-10-19(24)23(16-20)14-6-13-22-18-9-5-12-21-15-18/h2-5,7-9,12,15,22H,6,10-11,13-14,16H2,1H3. The summed E-state index contributed by atoms with van der Waals surface area (Å²) in [4.78, 5) is 18.4. The van der Waals surface area contributed by atoms with Gasteiger partial charge < -0.3 is 10.2 Å². The predicted molar refractivity (Wildman–Crippen MR) is 97.0 cm³/mol. The first-order valence-electron chi connectivity index (χ1n) is 8.65. The highest BCUT2D eigenvalue weighted by atomic mass is 16.2. The van der Waals surface area contributed by atoms with Crippen molar-refractivity contribution in [2.24, 2.45) is 0 Å². The summed E-state index contributed by atoms with van der Waals surface area (Å²) in [6, 6.07) is 14.5. The lowest BCUT2D eigenvalue weighted by molar-refractivity contribution is -0.135. The van der Waals surface area contributed by atoms with Crippen LogP contribution in [-0.4, -0.2) is 35.4 Å². The predicted octanol–water partition coefficient (Wildman–Crippen LogP) is 3.46. The van der Waals surface area contributed by atoms with Gasteiger partial charge >= 0.3 is 0 Å². The molecule has 126 valence electrons. The van der Waals surface area contributed by atoms with Crippen LogP contribution in [-0.2, 0) is 10.2 Å². The Morgan fingerprint density at radius 2 is 2.04 bits per heavy atom. The number of hydrogen-bond donors (Lipinski definition) is 1. The lowest BCUT2D eigenvalue weighted by Gasteiger charge is -2.40. The van der Waals surface area contributed by atoms with Crippen molar-refractivity contribution in [3.05, 3.63) is 60.4 Å². The van der Waals surface area contributed by atoms with Gasteiger partial charge in [0.15, 0.2) is 0 Å². The van der Waals surface area contributed by atoms with E-state index in [4.69, 9.17) is 0 Å². The zero-order chi connectivity index (χ0) is 16.8. The smallest absolute Gasteiger partial charge is 0.222 e. The van der Waals surface area contributed by atoms with Crippen LogP contribution in [0.25, 0.3) is 0 Å². The van der Waals surface area contributed by atoms with Crippen molar-refractivity contribution in [3.8, 4) is 0 Å². The highest BCUT2D eigenvalue weighted by Crippen LogP contribution is 2.34. The first-order valence-corrected chi connectivity index (χ1v) is 8.65. The van der Waals surface area contributed by atoms with Crippen molar-refractivity contribution in [3.63, 3.8) is 0 Å². The molecule has 1 N–H and O–H groups in total. The lowest BCUT2D eigenvalue weighted by Crippen LogP contribution is -2.48. The summed E-state index contributed by atoms with van der Waals surface area (Å²) >= 11 is 0. The minimum Gasteiger partial charge on any atom is -0.384 e. The topological polar surface area (TPSA) is 45.2 Å². The zero-order valence-electron chi connectivity index (χ0n) is 14.2. The Morgan fingerprint density at radius 1 is 1.21 bits per heavy atom. The molecule has 1 amide bonds. The maximum absolute atomic E-state index is 12.3. The Labute approximate surface area is 143 Å². The summed E-state index contributed by atoms with van der Waals surface area (Å²) in [6.45, 7) is 4.73. The number of benzene rings is 1. The molecule has 1 aromatic carbocycles. The van der Waals surface area contributed by atoms with Crippen LogP contribution in [0.4, 0.5) is 5.69 Å². The maximum atomic E-state index is 12.3. The number of nitrogens with zero attached hydrogens (tertiary/aromatic N) is 2. The molecule has 1 aromatic heterocycles. The molecule has 0 bridgehead atoms. The van der Waals surface area contributed by atoms with Gasteiger partial charge in [0.1, 0.15) is 0 Å². The molecular weight excluding hydrogens is 298 g/mol. The molecule has 0 radical (unpaired) electrons. The molecule has 4 nitrogen and oxygen atoms in total. The Bertz CT molecular complexity index is 659. The molecule has 1 saturated heterocycles. The van der Waals surface area contributed by atoms with Crippen molar-refractivity contribution >= 4 is 11.6 Å². The number of pyridine rings is 1. The van der Waals surface area contributed by atoms with Crippen molar-refractivity contribution in [1.29, 1.82) is 0 Å². The number of carbonyl (C=O) groups excluding carboxylic acids is 1. The van der Waals surface area contributed by atoms with E-state index in [0.29, 0.717) is 6.42 Å². The molecular formula is C20H25N3O. The van der Waals surface area contributed by atoms with Crippen LogP contribution in [0.1, 0.15) is 31.7 Å². The Morgan fingerprint density at radius 3 is 2.79 bits per heavy atom. The second kappa shape index (κ2) is 7.47. The average molecular weight is 323 g/mol. The number of carbonyl (C=O) groups is 1. The van der Waals surface area contributed by atoms with E-state index in [-0.39, 0.29) is 11.3 Å². The van der Waals surface area contributed by atoms with Gasteiger partial charge in [-0.2, -0.15) is 0 Å². The fourth-order valence-corrected chi connectivity index (χ4v) is 3.38. The van der Waals surface area contributed by atoms with E-state index in [1.165, 1.54) is 5.56 Å². The number of likely N-dealkylation sites (tertiary alicyclic amines) is 1. The summed E-state index contributed by atoms with van der Waals surface area (Å²) in [5.74, 6) is 0.282. The molecule has 1 atom stereocenters. The Kier molecular flexibility index (Phi) is 5.14. The summed E-state index contributed by atoms with van der Waals surface area (Å²) < 4.78 is 0. The van der Waals surface area contributed by atoms with Crippen molar-refractivity contribution in [2.75, 3.05) is 25.0 Å². The molecule has 1 unspecified atom stereocenters. The van der Waals surface area contributed by atoms with Gasteiger partial charge in [-0.3, -0.25) is 9.78 Å². The summed E-state index contributed by atoms with van der Waals surface area (Å²) in [5.41, 5.74) is 2.42. The van der Waals surface area contributed by atoms with Crippen LogP contribution >= 0.6 is 0 Å². The molecule has 0 saturated carbocycles. The molecule has 1 aliphatic rings. The molecule has 4 heteroatoms. The van der Waals surface area contributed by atoms with Crippen LogP contribution in [0.5, 0.6) is 0 Å². The largest absolute Gasteiger partial charge is 0.384 e. The number of anilines is 1. The van der Waals surface area contributed by atoms with Crippen LogP contribution in [0.2, 0.25) is 0 Å². The van der Waals surface area contributed by atoms with E-state index in [1.54, 1.807) is 6.20 Å². The van der Waals surface area contributed by atoms with Gasteiger partial charge in [0.05, 0.1) is 5.69 Å². The average Bonchev–Trinajstić information content (AvgIpc) is 2.63. The number of piperidine rings is 1. The fraction of sp³-hybridized carbons (Fsp3) is 0.400. The Hall–Kier alpha value is -2.36. The van der Waals surface area contributed by atoms with Crippen molar-refractivity contribution in [2.45, 2.75) is 31.6 Å². The molecule has 2 heterocycles. The lowest BCUT2D eigenvalue weighted by atomic mass is 9.75. The zero-order valence-corrected chi connectivity index (χ0v) is 14.2. The summed E-state index contributed by atoms with van der Waals surface area (Å²) in [6.07, 6.45) is 6.09. The normalized spacial score (nSPS) is 20.9. The van der Waals surface area contributed by atoms with Gasteiger partial charge in [-0.05, 0) is 30.5 Å². The van der Waals surface area contributed by atoms with Crippen LogP contribution < -0.4 is 5.32 Å². The highest BCUT2D eigenvalue weighted by Gasteiger charge is 2.35. The number of hydrogen-bond acceptors (Lipinski definition) is 3. The van der Waals surface area contributed by atoms with Crippen LogP contribution in [0.3, 0.4) is 0 Å². The third-order valence-electron chi connectivity index (χ3n) is 4.85. The monoisotopic (exact) mass is 323 g/mol.